The lowest BCUT2D eigenvalue weighted by Crippen LogP contribution is -2.30. The van der Waals surface area contributed by atoms with Crippen molar-refractivity contribution in [3.05, 3.63) is 0 Å². The van der Waals surface area contributed by atoms with Crippen LogP contribution < -0.4 is 11.1 Å². The molecule has 0 aliphatic carbocycles. The van der Waals surface area contributed by atoms with Crippen molar-refractivity contribution in [1.29, 1.82) is 0 Å². The van der Waals surface area contributed by atoms with Gasteiger partial charge in [0.25, 0.3) is 0 Å². The van der Waals surface area contributed by atoms with Crippen molar-refractivity contribution in [2.24, 2.45) is 11.7 Å². The van der Waals surface area contributed by atoms with Crippen molar-refractivity contribution in [3.63, 3.8) is 0 Å². The minimum atomic E-state index is 0.203. The summed E-state index contributed by atoms with van der Waals surface area (Å²) in [5, 5.41) is 2.99. The van der Waals surface area contributed by atoms with Crippen LogP contribution in [0.3, 0.4) is 0 Å². The van der Waals surface area contributed by atoms with Crippen LogP contribution in [-0.4, -0.2) is 19.0 Å². The number of hydrogen-bond donors (Lipinski definition) is 2. The highest BCUT2D eigenvalue weighted by molar-refractivity contribution is 5.78. The molecule has 0 atom stereocenters. The molecular formula is C12H26N2O. The fourth-order valence-corrected chi connectivity index (χ4v) is 1.64. The fraction of sp³-hybridized carbons (Fsp3) is 0.917. The molecule has 0 heterocycles. The first-order valence-corrected chi connectivity index (χ1v) is 6.24. The normalized spacial score (nSPS) is 10.7. The smallest absolute Gasteiger partial charge is 0.223 e. The lowest BCUT2D eigenvalue weighted by Gasteiger charge is -2.12. The number of amides is 1. The Morgan fingerprint density at radius 1 is 1.13 bits per heavy atom. The van der Waals surface area contributed by atoms with Crippen LogP contribution in [0.1, 0.15) is 52.4 Å². The SMILES string of the molecule is CCC(CC)C(=O)NCCCCCCN. The van der Waals surface area contributed by atoms with Gasteiger partial charge in [-0.1, -0.05) is 26.7 Å². The Morgan fingerprint density at radius 2 is 1.73 bits per heavy atom. The first-order valence-electron chi connectivity index (χ1n) is 6.24. The summed E-state index contributed by atoms with van der Waals surface area (Å²) in [7, 11) is 0. The molecule has 0 aromatic carbocycles. The zero-order chi connectivity index (χ0) is 11.5. The fourth-order valence-electron chi connectivity index (χ4n) is 1.64. The highest BCUT2D eigenvalue weighted by Crippen LogP contribution is 2.07. The van der Waals surface area contributed by atoms with Gasteiger partial charge < -0.3 is 11.1 Å². The molecule has 90 valence electrons. The van der Waals surface area contributed by atoms with E-state index in [4.69, 9.17) is 5.73 Å². The Bertz CT molecular complexity index is 156. The van der Waals surface area contributed by atoms with Gasteiger partial charge in [0.1, 0.15) is 0 Å². The number of unbranched alkanes of at least 4 members (excludes halogenated alkanes) is 3. The van der Waals surface area contributed by atoms with E-state index >= 15 is 0 Å². The average molecular weight is 214 g/mol. The second kappa shape index (κ2) is 9.97. The van der Waals surface area contributed by atoms with E-state index in [0.29, 0.717) is 0 Å². The Kier molecular flexibility index (Phi) is 9.59. The van der Waals surface area contributed by atoms with E-state index < -0.39 is 0 Å². The molecule has 0 aromatic rings. The van der Waals surface area contributed by atoms with Crippen molar-refractivity contribution in [3.8, 4) is 0 Å². The monoisotopic (exact) mass is 214 g/mol. The summed E-state index contributed by atoms with van der Waals surface area (Å²) in [6.45, 7) is 5.73. The van der Waals surface area contributed by atoms with Gasteiger partial charge in [-0.3, -0.25) is 4.79 Å². The van der Waals surface area contributed by atoms with Gasteiger partial charge in [0.2, 0.25) is 5.91 Å². The molecule has 1 amide bonds. The maximum Gasteiger partial charge on any atom is 0.223 e. The van der Waals surface area contributed by atoms with E-state index in [-0.39, 0.29) is 11.8 Å². The molecule has 0 aliphatic heterocycles. The maximum absolute atomic E-state index is 11.6. The number of hydrogen-bond acceptors (Lipinski definition) is 2. The van der Waals surface area contributed by atoms with Gasteiger partial charge in [-0.2, -0.15) is 0 Å². The third-order valence-electron chi connectivity index (χ3n) is 2.79. The summed E-state index contributed by atoms with van der Waals surface area (Å²) in [5.41, 5.74) is 5.40. The molecule has 0 saturated heterocycles. The molecule has 0 unspecified atom stereocenters. The Hall–Kier alpha value is -0.570. The number of carbonyl (C=O) groups is 1. The molecule has 3 N–H and O–H groups in total. The molecule has 0 rings (SSSR count). The largest absolute Gasteiger partial charge is 0.356 e. The Morgan fingerprint density at radius 3 is 2.27 bits per heavy atom. The lowest BCUT2D eigenvalue weighted by atomic mass is 10.0. The summed E-state index contributed by atoms with van der Waals surface area (Å²) in [4.78, 5) is 11.6. The molecular weight excluding hydrogens is 188 g/mol. The van der Waals surface area contributed by atoms with Crippen LogP contribution in [0.5, 0.6) is 0 Å². The molecule has 0 fully saturated rings. The van der Waals surface area contributed by atoms with E-state index in [1.165, 1.54) is 12.8 Å². The lowest BCUT2D eigenvalue weighted by molar-refractivity contribution is -0.125. The summed E-state index contributed by atoms with van der Waals surface area (Å²) in [6, 6.07) is 0. The molecule has 0 radical (unpaired) electrons. The number of nitrogens with one attached hydrogen (secondary N) is 1. The zero-order valence-electron chi connectivity index (χ0n) is 10.2. The molecule has 0 aromatic heterocycles. The van der Waals surface area contributed by atoms with Crippen LogP contribution >= 0.6 is 0 Å². The van der Waals surface area contributed by atoms with Gasteiger partial charge in [-0.05, 0) is 32.2 Å². The number of carbonyl (C=O) groups excluding carboxylic acids is 1. The first kappa shape index (κ1) is 14.4. The van der Waals surface area contributed by atoms with E-state index in [1.54, 1.807) is 0 Å². The van der Waals surface area contributed by atoms with Crippen molar-refractivity contribution in [2.45, 2.75) is 52.4 Å². The highest BCUT2D eigenvalue weighted by atomic mass is 16.1. The van der Waals surface area contributed by atoms with Crippen LogP contribution in [0.4, 0.5) is 0 Å². The molecule has 0 aliphatic rings. The molecule has 15 heavy (non-hydrogen) atoms. The van der Waals surface area contributed by atoms with Crippen LogP contribution in [0.15, 0.2) is 0 Å². The van der Waals surface area contributed by atoms with Crippen LogP contribution in [0.25, 0.3) is 0 Å². The first-order chi connectivity index (χ1) is 7.26. The predicted octanol–water partition coefficient (Wildman–Crippen LogP) is 2.06. The van der Waals surface area contributed by atoms with Gasteiger partial charge >= 0.3 is 0 Å². The third-order valence-corrected chi connectivity index (χ3v) is 2.79. The number of nitrogens with two attached hydrogens (primary N) is 1. The minimum absolute atomic E-state index is 0.203. The van der Waals surface area contributed by atoms with Gasteiger partial charge in [0.05, 0.1) is 0 Å². The van der Waals surface area contributed by atoms with E-state index in [9.17, 15) is 4.79 Å². The van der Waals surface area contributed by atoms with Gasteiger partial charge in [-0.15, -0.1) is 0 Å². The third kappa shape index (κ3) is 7.37. The minimum Gasteiger partial charge on any atom is -0.356 e. The second-order valence-corrected chi connectivity index (χ2v) is 4.01. The van der Waals surface area contributed by atoms with Crippen LogP contribution in [0.2, 0.25) is 0 Å². The zero-order valence-corrected chi connectivity index (χ0v) is 10.2. The highest BCUT2D eigenvalue weighted by Gasteiger charge is 2.12. The maximum atomic E-state index is 11.6. The molecule has 0 bridgehead atoms. The van der Waals surface area contributed by atoms with Crippen molar-refractivity contribution in [2.75, 3.05) is 13.1 Å². The molecule has 3 nitrogen and oxygen atoms in total. The standard InChI is InChI=1S/C12H26N2O/c1-3-11(4-2)12(15)14-10-8-6-5-7-9-13/h11H,3-10,13H2,1-2H3,(H,14,15). The van der Waals surface area contributed by atoms with Gasteiger partial charge in [0, 0.05) is 12.5 Å². The van der Waals surface area contributed by atoms with Gasteiger partial charge in [-0.25, -0.2) is 0 Å². The summed E-state index contributed by atoms with van der Waals surface area (Å²) in [5.74, 6) is 0.424. The van der Waals surface area contributed by atoms with E-state index in [1.807, 2.05) is 0 Å². The molecule has 0 saturated carbocycles. The summed E-state index contributed by atoms with van der Waals surface area (Å²) >= 11 is 0. The van der Waals surface area contributed by atoms with E-state index in [0.717, 1.165) is 38.8 Å². The number of rotatable bonds is 9. The topological polar surface area (TPSA) is 55.1 Å². The van der Waals surface area contributed by atoms with Gasteiger partial charge in [0.15, 0.2) is 0 Å². The van der Waals surface area contributed by atoms with Crippen molar-refractivity contribution < 1.29 is 4.79 Å². The van der Waals surface area contributed by atoms with Crippen LogP contribution in [-0.2, 0) is 4.79 Å². The second-order valence-electron chi connectivity index (χ2n) is 4.01. The van der Waals surface area contributed by atoms with E-state index in [2.05, 4.69) is 19.2 Å². The van der Waals surface area contributed by atoms with Crippen molar-refractivity contribution >= 4 is 5.91 Å². The Labute approximate surface area is 93.8 Å². The summed E-state index contributed by atoms with van der Waals surface area (Å²) in [6.07, 6.45) is 6.40. The van der Waals surface area contributed by atoms with Crippen LogP contribution in [0, 0.1) is 5.92 Å². The average Bonchev–Trinajstić information content (AvgIpc) is 2.25. The molecule has 3 heteroatoms. The quantitative estimate of drug-likeness (QED) is 0.577. The predicted molar refractivity (Wildman–Crippen MR) is 64.6 cm³/mol. The van der Waals surface area contributed by atoms with Crippen molar-refractivity contribution in [1.82, 2.24) is 5.32 Å². The Balaban J connectivity index is 3.38. The molecule has 0 spiro atoms. The summed E-state index contributed by atoms with van der Waals surface area (Å²) < 4.78 is 0.